The molecule has 1 aromatic heterocycles. The van der Waals surface area contributed by atoms with Crippen LogP contribution < -0.4 is 35.6 Å². The van der Waals surface area contributed by atoms with Crippen LogP contribution in [0.5, 0.6) is 11.5 Å². The van der Waals surface area contributed by atoms with Crippen molar-refractivity contribution in [2.45, 2.75) is 25.9 Å². The van der Waals surface area contributed by atoms with Crippen LogP contribution >= 0.6 is 11.6 Å². The normalized spacial score (nSPS) is 14.1. The van der Waals surface area contributed by atoms with Crippen molar-refractivity contribution >= 4 is 51.9 Å². The van der Waals surface area contributed by atoms with Gasteiger partial charge in [-0.05, 0) is 68.4 Å². The zero-order chi connectivity index (χ0) is 36.1. The van der Waals surface area contributed by atoms with Crippen molar-refractivity contribution in [1.29, 1.82) is 0 Å². The van der Waals surface area contributed by atoms with E-state index in [0.29, 0.717) is 38.8 Å². The van der Waals surface area contributed by atoms with Crippen LogP contribution in [-0.4, -0.2) is 86.1 Å². The number of ether oxygens (including phenoxy) is 3. The van der Waals surface area contributed by atoms with Gasteiger partial charge in [0.2, 0.25) is 5.91 Å². The number of amides is 4. The number of aromatic nitrogens is 2. The van der Waals surface area contributed by atoms with E-state index in [1.54, 1.807) is 60.2 Å². The Morgan fingerprint density at radius 1 is 0.940 bits per heavy atom. The summed E-state index contributed by atoms with van der Waals surface area (Å²) in [5.74, 6) is 0.194. The Bertz CT molecular complexity index is 1950. The molecule has 264 valence electrons. The van der Waals surface area contributed by atoms with Gasteiger partial charge in [-0.2, -0.15) is 0 Å². The van der Waals surface area contributed by atoms with E-state index >= 15 is 0 Å². The Hall–Kier alpha value is -5.57. The van der Waals surface area contributed by atoms with Crippen molar-refractivity contribution in [3.63, 3.8) is 0 Å². The molecule has 0 radical (unpaired) electrons. The number of piperazine rings is 1. The molecule has 0 spiro atoms. The highest BCUT2D eigenvalue weighted by Crippen LogP contribution is 2.37. The standard InChI is InChI=1S/C34H37ClFN7O7/c1-20(37-34(47)50-5)31(44)40-14-16-41(17-15-40)43-30(39-27-18-22(35)6-12-26(27)32(43)45)21(2)42(28-13-11-25(48-3)19-29(28)49-4)33(46)38-24-9-7-23(36)8-10-24/h6-13,18-21H,14-17H2,1-5H3,(H,37,47)(H,38,46)/t20-,21?/m0/s1. The smallest absolute Gasteiger partial charge is 0.407 e. The summed E-state index contributed by atoms with van der Waals surface area (Å²) in [4.78, 5) is 61.1. The third-order valence-electron chi connectivity index (χ3n) is 8.30. The average Bonchev–Trinajstić information content (AvgIpc) is 3.12. The summed E-state index contributed by atoms with van der Waals surface area (Å²) in [7, 11) is 4.17. The summed E-state index contributed by atoms with van der Waals surface area (Å²) < 4.78 is 30.8. The second-order valence-corrected chi connectivity index (χ2v) is 11.8. The first-order chi connectivity index (χ1) is 23.9. The summed E-state index contributed by atoms with van der Waals surface area (Å²) in [6.07, 6.45) is -0.724. The molecule has 2 heterocycles. The molecule has 2 atom stereocenters. The van der Waals surface area contributed by atoms with Gasteiger partial charge in [-0.3, -0.25) is 14.5 Å². The fraction of sp³-hybridized carbons (Fsp3) is 0.324. The number of nitrogens with one attached hydrogen (secondary N) is 2. The van der Waals surface area contributed by atoms with Gasteiger partial charge < -0.3 is 34.8 Å². The maximum atomic E-state index is 14.3. The molecule has 2 N–H and O–H groups in total. The van der Waals surface area contributed by atoms with Gasteiger partial charge in [0.05, 0.1) is 57.1 Å². The monoisotopic (exact) mass is 709 g/mol. The number of carbonyl (C=O) groups is 3. The van der Waals surface area contributed by atoms with Gasteiger partial charge in [0.1, 0.15) is 23.4 Å². The Balaban J connectivity index is 1.59. The van der Waals surface area contributed by atoms with Gasteiger partial charge in [-0.25, -0.2) is 23.6 Å². The first-order valence-corrected chi connectivity index (χ1v) is 16.0. The molecule has 1 fully saturated rings. The molecule has 1 aliphatic heterocycles. The molecule has 14 nitrogen and oxygen atoms in total. The van der Waals surface area contributed by atoms with E-state index in [1.165, 1.54) is 55.2 Å². The molecule has 1 aliphatic rings. The van der Waals surface area contributed by atoms with E-state index in [-0.39, 0.29) is 37.9 Å². The predicted octanol–water partition coefficient (Wildman–Crippen LogP) is 4.53. The number of hydrogen-bond donors (Lipinski definition) is 2. The number of rotatable bonds is 9. The number of carbonyl (C=O) groups excluding carboxylic acids is 3. The van der Waals surface area contributed by atoms with E-state index in [1.807, 2.05) is 0 Å². The Labute approximate surface area is 292 Å². The minimum absolute atomic E-state index is 0.192. The molecule has 0 saturated carbocycles. The molecule has 4 aromatic rings. The molecule has 16 heteroatoms. The third-order valence-corrected chi connectivity index (χ3v) is 8.53. The zero-order valence-electron chi connectivity index (χ0n) is 28.1. The predicted molar refractivity (Wildman–Crippen MR) is 186 cm³/mol. The van der Waals surface area contributed by atoms with Crippen molar-refractivity contribution in [3.05, 3.63) is 87.7 Å². The van der Waals surface area contributed by atoms with Crippen molar-refractivity contribution in [3.8, 4) is 11.5 Å². The van der Waals surface area contributed by atoms with Gasteiger partial charge in [0.15, 0.2) is 5.82 Å². The lowest BCUT2D eigenvalue weighted by Gasteiger charge is -2.39. The van der Waals surface area contributed by atoms with E-state index in [0.717, 1.165) is 0 Å². The molecule has 4 amide bonds. The van der Waals surface area contributed by atoms with Crippen LogP contribution in [0.3, 0.4) is 0 Å². The molecular formula is C34H37ClFN7O7. The van der Waals surface area contributed by atoms with Gasteiger partial charge in [-0.15, -0.1) is 0 Å². The highest BCUT2D eigenvalue weighted by molar-refractivity contribution is 6.31. The van der Waals surface area contributed by atoms with E-state index in [2.05, 4.69) is 15.4 Å². The molecule has 1 saturated heterocycles. The SMILES string of the molecule is COC(=O)N[C@@H](C)C(=O)N1CCN(n2c(C(C)N(C(=O)Nc3ccc(F)cc3)c3ccc(OC)cc3OC)nc3cc(Cl)ccc3c2=O)CC1. The van der Waals surface area contributed by atoms with Crippen molar-refractivity contribution in [2.75, 3.05) is 62.7 Å². The van der Waals surface area contributed by atoms with E-state index in [4.69, 9.17) is 26.1 Å². The van der Waals surface area contributed by atoms with Gasteiger partial charge in [0.25, 0.3) is 5.56 Å². The van der Waals surface area contributed by atoms with Crippen LogP contribution in [0.4, 0.5) is 25.4 Å². The number of benzene rings is 3. The largest absolute Gasteiger partial charge is 0.497 e. The maximum absolute atomic E-state index is 14.3. The second-order valence-electron chi connectivity index (χ2n) is 11.4. The first kappa shape index (κ1) is 35.7. The molecule has 0 bridgehead atoms. The van der Waals surface area contributed by atoms with E-state index in [9.17, 15) is 23.6 Å². The van der Waals surface area contributed by atoms with Gasteiger partial charge in [0, 0.05) is 29.9 Å². The average molecular weight is 710 g/mol. The number of fused-ring (bicyclic) bond motifs is 1. The van der Waals surface area contributed by atoms with Crippen LogP contribution in [0.25, 0.3) is 10.9 Å². The number of urea groups is 1. The Kier molecular flexibility index (Phi) is 11.0. The first-order valence-electron chi connectivity index (χ1n) is 15.6. The minimum Gasteiger partial charge on any atom is -0.497 e. The van der Waals surface area contributed by atoms with Crippen LogP contribution in [0, 0.1) is 5.82 Å². The molecule has 0 aliphatic carbocycles. The topological polar surface area (TPSA) is 148 Å². The Morgan fingerprint density at radius 3 is 2.28 bits per heavy atom. The molecule has 3 aromatic carbocycles. The quantitative estimate of drug-likeness (QED) is 0.256. The highest BCUT2D eigenvalue weighted by Gasteiger charge is 2.33. The summed E-state index contributed by atoms with van der Waals surface area (Å²) in [5, 5.41) is 7.71. The Morgan fingerprint density at radius 2 is 1.64 bits per heavy atom. The fourth-order valence-electron chi connectivity index (χ4n) is 5.71. The molecule has 5 rings (SSSR count). The summed E-state index contributed by atoms with van der Waals surface area (Å²) in [6.45, 7) is 4.18. The third kappa shape index (κ3) is 7.52. The summed E-state index contributed by atoms with van der Waals surface area (Å²) in [5.41, 5.74) is 0.565. The van der Waals surface area contributed by atoms with Crippen LogP contribution in [0.1, 0.15) is 25.7 Å². The number of methoxy groups -OCH3 is 3. The lowest BCUT2D eigenvalue weighted by molar-refractivity contribution is -0.133. The minimum atomic E-state index is -0.933. The zero-order valence-corrected chi connectivity index (χ0v) is 28.9. The van der Waals surface area contributed by atoms with Crippen LogP contribution in [0.2, 0.25) is 5.02 Å². The van der Waals surface area contributed by atoms with E-state index < -0.39 is 35.6 Å². The van der Waals surface area contributed by atoms with Gasteiger partial charge in [-0.1, -0.05) is 11.6 Å². The molecular weight excluding hydrogens is 673 g/mol. The highest BCUT2D eigenvalue weighted by atomic mass is 35.5. The van der Waals surface area contributed by atoms with Crippen molar-refractivity contribution < 1.29 is 33.0 Å². The maximum Gasteiger partial charge on any atom is 0.407 e. The van der Waals surface area contributed by atoms with Gasteiger partial charge >= 0.3 is 12.1 Å². The number of alkyl carbamates (subject to hydrolysis) is 1. The number of halogens is 2. The fourth-order valence-corrected chi connectivity index (χ4v) is 5.87. The number of nitrogens with zero attached hydrogens (tertiary/aromatic N) is 5. The second kappa shape index (κ2) is 15.3. The molecule has 50 heavy (non-hydrogen) atoms. The van der Waals surface area contributed by atoms with Crippen molar-refractivity contribution in [2.24, 2.45) is 0 Å². The summed E-state index contributed by atoms with van der Waals surface area (Å²) >= 11 is 6.32. The van der Waals surface area contributed by atoms with Crippen LogP contribution in [0.15, 0.2) is 65.5 Å². The van der Waals surface area contributed by atoms with Crippen LogP contribution in [-0.2, 0) is 9.53 Å². The lowest BCUT2D eigenvalue weighted by Crippen LogP contribution is -2.59. The number of hydrogen-bond acceptors (Lipinski definition) is 9. The molecule has 1 unspecified atom stereocenters. The van der Waals surface area contributed by atoms with Crippen molar-refractivity contribution in [1.82, 2.24) is 19.9 Å². The summed E-state index contributed by atoms with van der Waals surface area (Å²) in [6, 6.07) is 12.6. The number of anilines is 2. The lowest BCUT2D eigenvalue weighted by atomic mass is 10.1.